The highest BCUT2D eigenvalue weighted by atomic mass is 16.2. The third-order valence-electron chi connectivity index (χ3n) is 5.70. The van der Waals surface area contributed by atoms with Gasteiger partial charge in [-0.05, 0) is 56.0 Å². The van der Waals surface area contributed by atoms with Crippen LogP contribution in [0.15, 0.2) is 54.2 Å². The molecular formula is C24H27N3O2. The molecule has 150 valence electrons. The van der Waals surface area contributed by atoms with Crippen LogP contribution in [0, 0.1) is 6.92 Å². The summed E-state index contributed by atoms with van der Waals surface area (Å²) in [6.45, 7) is 3.65. The number of likely N-dealkylation sites (tertiary alicyclic amines) is 1. The maximum absolute atomic E-state index is 13.5. The Bertz CT molecular complexity index is 953. The molecule has 2 heterocycles. The first kappa shape index (κ1) is 19.2. The first-order valence-corrected chi connectivity index (χ1v) is 10.2. The van der Waals surface area contributed by atoms with E-state index in [9.17, 15) is 9.59 Å². The van der Waals surface area contributed by atoms with Gasteiger partial charge in [0.25, 0.3) is 11.8 Å². The Morgan fingerprint density at radius 2 is 1.41 bits per heavy atom. The van der Waals surface area contributed by atoms with Crippen LogP contribution < -0.4 is 9.80 Å². The van der Waals surface area contributed by atoms with Crippen LogP contribution in [0.1, 0.15) is 30.4 Å². The molecule has 1 fully saturated rings. The molecule has 0 N–H and O–H groups in total. The molecule has 2 aliphatic rings. The number of amides is 2. The van der Waals surface area contributed by atoms with Gasteiger partial charge in [-0.1, -0.05) is 29.8 Å². The average Bonchev–Trinajstić information content (AvgIpc) is 2.99. The molecule has 0 aromatic heterocycles. The Hall–Kier alpha value is -3.08. The number of nitrogens with zero attached hydrogens (tertiary/aromatic N) is 3. The lowest BCUT2D eigenvalue weighted by Crippen LogP contribution is -2.37. The molecule has 5 nitrogen and oxygen atoms in total. The lowest BCUT2D eigenvalue weighted by molar-refractivity contribution is -0.120. The minimum absolute atomic E-state index is 0.218. The van der Waals surface area contributed by atoms with Crippen molar-refractivity contribution in [2.24, 2.45) is 0 Å². The molecule has 2 aliphatic heterocycles. The van der Waals surface area contributed by atoms with Crippen molar-refractivity contribution < 1.29 is 9.59 Å². The zero-order chi connectivity index (χ0) is 20.5. The van der Waals surface area contributed by atoms with Gasteiger partial charge in [-0.25, -0.2) is 4.90 Å². The molecule has 0 bridgehead atoms. The summed E-state index contributed by atoms with van der Waals surface area (Å²) < 4.78 is 0. The van der Waals surface area contributed by atoms with Crippen LogP contribution in [0.2, 0.25) is 0 Å². The second kappa shape index (κ2) is 7.74. The number of rotatable bonds is 4. The number of anilines is 2. The van der Waals surface area contributed by atoms with Gasteiger partial charge in [0.05, 0.1) is 11.3 Å². The van der Waals surface area contributed by atoms with E-state index in [1.54, 1.807) is 0 Å². The molecule has 0 unspecified atom stereocenters. The second-order valence-electron chi connectivity index (χ2n) is 7.99. The molecule has 2 aromatic carbocycles. The molecule has 0 saturated carbocycles. The predicted octanol–water partition coefficient (Wildman–Crippen LogP) is 3.83. The van der Waals surface area contributed by atoms with E-state index in [0.29, 0.717) is 17.0 Å². The Morgan fingerprint density at radius 1 is 0.793 bits per heavy atom. The number of carbonyl (C=O) groups excluding carboxylic acids is 2. The van der Waals surface area contributed by atoms with Crippen molar-refractivity contribution >= 4 is 28.8 Å². The van der Waals surface area contributed by atoms with Crippen molar-refractivity contribution in [3.63, 3.8) is 0 Å². The van der Waals surface area contributed by atoms with Crippen LogP contribution in [-0.4, -0.2) is 43.9 Å². The van der Waals surface area contributed by atoms with Gasteiger partial charge in [0.15, 0.2) is 0 Å². The molecule has 2 aromatic rings. The fourth-order valence-corrected chi connectivity index (χ4v) is 4.04. The standard InChI is InChI=1S/C24H27N3O2/c1-17-7-9-18(10-8-17)21-22(26-15-5-4-6-16-26)24(29)27(23(21)28)20-13-11-19(12-14-20)25(2)3/h7-14H,4-6,15-16H2,1-3H3. The topological polar surface area (TPSA) is 43.9 Å². The fourth-order valence-electron chi connectivity index (χ4n) is 4.04. The molecule has 1 saturated heterocycles. The van der Waals surface area contributed by atoms with Crippen LogP contribution in [0.5, 0.6) is 0 Å². The molecule has 0 atom stereocenters. The zero-order valence-corrected chi connectivity index (χ0v) is 17.3. The molecule has 0 spiro atoms. The Kier molecular flexibility index (Phi) is 5.14. The van der Waals surface area contributed by atoms with E-state index < -0.39 is 0 Å². The Morgan fingerprint density at radius 3 is 2.00 bits per heavy atom. The van der Waals surface area contributed by atoms with Gasteiger partial charge in [0.1, 0.15) is 5.70 Å². The van der Waals surface area contributed by atoms with Gasteiger partial charge in [-0.15, -0.1) is 0 Å². The largest absolute Gasteiger partial charge is 0.378 e. The van der Waals surface area contributed by atoms with Gasteiger partial charge >= 0.3 is 0 Å². The third-order valence-corrected chi connectivity index (χ3v) is 5.70. The Balaban J connectivity index is 1.77. The van der Waals surface area contributed by atoms with Crippen molar-refractivity contribution in [1.29, 1.82) is 0 Å². The van der Waals surface area contributed by atoms with Crippen LogP contribution >= 0.6 is 0 Å². The number of benzene rings is 2. The predicted molar refractivity (Wildman–Crippen MR) is 117 cm³/mol. The highest BCUT2D eigenvalue weighted by Gasteiger charge is 2.42. The summed E-state index contributed by atoms with van der Waals surface area (Å²) in [5, 5.41) is 0. The molecule has 29 heavy (non-hydrogen) atoms. The Labute approximate surface area is 172 Å². The minimum atomic E-state index is -0.239. The van der Waals surface area contributed by atoms with E-state index in [0.717, 1.165) is 42.7 Å². The quantitative estimate of drug-likeness (QED) is 0.746. The first-order chi connectivity index (χ1) is 14.0. The monoisotopic (exact) mass is 389 g/mol. The maximum atomic E-state index is 13.5. The van der Waals surface area contributed by atoms with Crippen molar-refractivity contribution in [1.82, 2.24) is 4.90 Å². The van der Waals surface area contributed by atoms with E-state index in [-0.39, 0.29) is 11.8 Å². The second-order valence-corrected chi connectivity index (χ2v) is 7.99. The van der Waals surface area contributed by atoms with E-state index in [2.05, 4.69) is 4.90 Å². The highest BCUT2D eigenvalue weighted by Crippen LogP contribution is 2.36. The summed E-state index contributed by atoms with van der Waals surface area (Å²) in [5.74, 6) is -0.456. The van der Waals surface area contributed by atoms with E-state index in [1.807, 2.05) is 74.4 Å². The normalized spacial score (nSPS) is 17.3. The van der Waals surface area contributed by atoms with E-state index >= 15 is 0 Å². The number of imide groups is 1. The number of carbonyl (C=O) groups is 2. The minimum Gasteiger partial charge on any atom is -0.378 e. The summed E-state index contributed by atoms with van der Waals surface area (Å²) in [5.41, 5.74) is 4.64. The van der Waals surface area contributed by atoms with Gasteiger partial charge in [0.2, 0.25) is 0 Å². The summed E-state index contributed by atoms with van der Waals surface area (Å²) in [4.78, 5) is 32.4. The lowest BCUT2D eigenvalue weighted by Gasteiger charge is -2.29. The number of aryl methyl sites for hydroxylation is 1. The zero-order valence-electron chi connectivity index (χ0n) is 17.3. The number of hydrogen-bond acceptors (Lipinski definition) is 4. The third kappa shape index (κ3) is 3.53. The van der Waals surface area contributed by atoms with Gasteiger partial charge in [-0.2, -0.15) is 0 Å². The van der Waals surface area contributed by atoms with Crippen molar-refractivity contribution in [3.8, 4) is 0 Å². The molecule has 0 radical (unpaired) electrons. The molecule has 2 amide bonds. The number of hydrogen-bond donors (Lipinski definition) is 0. The smallest absolute Gasteiger partial charge is 0.282 e. The number of piperidine rings is 1. The fraction of sp³-hybridized carbons (Fsp3) is 0.333. The maximum Gasteiger partial charge on any atom is 0.282 e. The summed E-state index contributed by atoms with van der Waals surface area (Å²) in [6, 6.07) is 15.4. The van der Waals surface area contributed by atoms with Crippen LogP contribution in [0.4, 0.5) is 11.4 Å². The van der Waals surface area contributed by atoms with Gasteiger partial charge in [-0.3, -0.25) is 9.59 Å². The SMILES string of the molecule is Cc1ccc(C2=C(N3CCCCC3)C(=O)N(c3ccc(N(C)C)cc3)C2=O)cc1. The average molecular weight is 389 g/mol. The molecular weight excluding hydrogens is 362 g/mol. The van der Waals surface area contributed by atoms with Crippen LogP contribution in [0.25, 0.3) is 5.57 Å². The summed E-state index contributed by atoms with van der Waals surface area (Å²) in [7, 11) is 3.93. The highest BCUT2D eigenvalue weighted by molar-refractivity contribution is 6.45. The summed E-state index contributed by atoms with van der Waals surface area (Å²) in [6.07, 6.45) is 3.26. The summed E-state index contributed by atoms with van der Waals surface area (Å²) >= 11 is 0. The molecule has 5 heteroatoms. The van der Waals surface area contributed by atoms with Crippen LogP contribution in [-0.2, 0) is 9.59 Å². The van der Waals surface area contributed by atoms with Crippen LogP contribution in [0.3, 0.4) is 0 Å². The molecule has 0 aliphatic carbocycles. The van der Waals surface area contributed by atoms with Crippen molar-refractivity contribution in [2.75, 3.05) is 37.0 Å². The molecule has 4 rings (SSSR count). The van der Waals surface area contributed by atoms with Gasteiger partial charge in [0, 0.05) is 32.9 Å². The van der Waals surface area contributed by atoms with E-state index in [1.165, 1.54) is 11.3 Å². The van der Waals surface area contributed by atoms with Gasteiger partial charge < -0.3 is 9.80 Å². The lowest BCUT2D eigenvalue weighted by atomic mass is 10.0. The first-order valence-electron chi connectivity index (χ1n) is 10.2. The van der Waals surface area contributed by atoms with E-state index in [4.69, 9.17) is 0 Å². The van der Waals surface area contributed by atoms with Crippen molar-refractivity contribution in [3.05, 3.63) is 65.4 Å². The van der Waals surface area contributed by atoms with Crippen molar-refractivity contribution in [2.45, 2.75) is 26.2 Å².